The van der Waals surface area contributed by atoms with Crippen LogP contribution >= 0.6 is 45.8 Å². The molecule has 0 spiro atoms. The summed E-state index contributed by atoms with van der Waals surface area (Å²) in [5.74, 6) is 0.842. The molecule has 4 aromatic carbocycles. The number of carbonyl (C=O) groups is 1. The van der Waals surface area contributed by atoms with E-state index in [4.69, 9.17) is 37.7 Å². The summed E-state index contributed by atoms with van der Waals surface area (Å²) in [6, 6.07) is 28.2. The molecule has 0 fully saturated rings. The van der Waals surface area contributed by atoms with Gasteiger partial charge in [-0.1, -0.05) is 77.8 Å². The summed E-state index contributed by atoms with van der Waals surface area (Å²) in [6.07, 6.45) is 1.58. The van der Waals surface area contributed by atoms with Crippen molar-refractivity contribution in [1.29, 1.82) is 0 Å². The number of para-hydroxylation sites is 1. The van der Waals surface area contributed by atoms with E-state index in [0.717, 1.165) is 31.2 Å². The molecular formula is C32H24Cl2IN3O3. The molecule has 6 nitrogen and oxygen atoms in total. The molecule has 9 heteroatoms. The van der Waals surface area contributed by atoms with Gasteiger partial charge in [0.05, 0.1) is 43.2 Å². The fourth-order valence-electron chi connectivity index (χ4n) is 4.20. The number of ether oxygens (including phenoxy) is 2. The molecule has 5 aromatic rings. The normalized spacial score (nSPS) is 11.1. The molecule has 0 aliphatic carbocycles. The summed E-state index contributed by atoms with van der Waals surface area (Å²) in [5.41, 5.74) is 7.15. The van der Waals surface area contributed by atoms with Crippen LogP contribution in [0.25, 0.3) is 22.2 Å². The number of amides is 1. The van der Waals surface area contributed by atoms with Crippen molar-refractivity contribution in [3.63, 3.8) is 0 Å². The summed E-state index contributed by atoms with van der Waals surface area (Å²) < 4.78 is 12.8. The van der Waals surface area contributed by atoms with Gasteiger partial charge in [0.15, 0.2) is 11.5 Å². The van der Waals surface area contributed by atoms with E-state index in [1.54, 1.807) is 24.4 Å². The molecule has 0 aliphatic heterocycles. The monoisotopic (exact) mass is 695 g/mol. The molecular weight excluding hydrogens is 672 g/mol. The van der Waals surface area contributed by atoms with Gasteiger partial charge in [-0.3, -0.25) is 4.79 Å². The van der Waals surface area contributed by atoms with Gasteiger partial charge >= 0.3 is 0 Å². The van der Waals surface area contributed by atoms with E-state index in [9.17, 15) is 4.79 Å². The van der Waals surface area contributed by atoms with Crippen LogP contribution in [0.5, 0.6) is 11.5 Å². The Hall–Kier alpha value is -3.66. The second-order valence-corrected chi connectivity index (χ2v) is 10.9. The van der Waals surface area contributed by atoms with Gasteiger partial charge in [0.25, 0.3) is 5.91 Å². The first-order valence-electron chi connectivity index (χ1n) is 12.7. The van der Waals surface area contributed by atoms with Crippen LogP contribution in [0, 0.1) is 3.57 Å². The van der Waals surface area contributed by atoms with Crippen molar-refractivity contribution in [1.82, 2.24) is 10.4 Å². The summed E-state index contributed by atoms with van der Waals surface area (Å²) >= 11 is 14.4. The number of halogens is 3. The van der Waals surface area contributed by atoms with Crippen LogP contribution in [0.15, 0.2) is 96.1 Å². The van der Waals surface area contributed by atoms with Crippen LogP contribution in [-0.4, -0.2) is 23.7 Å². The number of nitrogens with one attached hydrogen (secondary N) is 1. The smallest absolute Gasteiger partial charge is 0.272 e. The molecule has 0 bridgehead atoms. The van der Waals surface area contributed by atoms with E-state index < -0.39 is 0 Å². The van der Waals surface area contributed by atoms with Crippen LogP contribution in [0.2, 0.25) is 10.0 Å². The lowest BCUT2D eigenvalue weighted by atomic mass is 10.0. The lowest BCUT2D eigenvalue weighted by molar-refractivity contribution is 0.0956. The minimum atomic E-state index is -0.335. The third-order valence-electron chi connectivity index (χ3n) is 6.11. The fourth-order valence-corrected chi connectivity index (χ4v) is 5.30. The van der Waals surface area contributed by atoms with Crippen LogP contribution in [0.4, 0.5) is 0 Å². The average Bonchev–Trinajstić information content (AvgIpc) is 2.98. The van der Waals surface area contributed by atoms with Gasteiger partial charge in [-0.25, -0.2) is 10.4 Å². The molecule has 0 unspecified atom stereocenters. The second-order valence-electron chi connectivity index (χ2n) is 8.94. The number of rotatable bonds is 9. The zero-order valence-corrected chi connectivity index (χ0v) is 25.6. The minimum Gasteiger partial charge on any atom is -0.490 e. The number of pyridine rings is 1. The molecule has 1 aromatic heterocycles. The van der Waals surface area contributed by atoms with E-state index in [1.165, 1.54) is 0 Å². The Morgan fingerprint density at radius 3 is 2.51 bits per heavy atom. The molecule has 0 atom stereocenters. The molecule has 1 amide bonds. The molecule has 1 heterocycles. The summed E-state index contributed by atoms with van der Waals surface area (Å²) in [6.45, 7) is 2.65. The first-order chi connectivity index (χ1) is 19.9. The minimum absolute atomic E-state index is 0.293. The summed E-state index contributed by atoms with van der Waals surface area (Å²) in [5, 5.41) is 5.95. The summed E-state index contributed by atoms with van der Waals surface area (Å²) in [4.78, 5) is 18.0. The topological polar surface area (TPSA) is 72.8 Å². The lowest BCUT2D eigenvalue weighted by Gasteiger charge is -2.15. The maximum Gasteiger partial charge on any atom is 0.272 e. The first-order valence-corrected chi connectivity index (χ1v) is 14.6. The predicted molar refractivity (Wildman–Crippen MR) is 173 cm³/mol. The van der Waals surface area contributed by atoms with Crippen LogP contribution in [0.3, 0.4) is 0 Å². The quantitative estimate of drug-likeness (QED) is 0.0953. The van der Waals surface area contributed by atoms with Crippen molar-refractivity contribution < 1.29 is 14.3 Å². The number of carbonyl (C=O) groups excluding carboxylic acids is 1. The number of benzene rings is 4. The van der Waals surface area contributed by atoms with Crippen molar-refractivity contribution in [2.75, 3.05) is 6.61 Å². The summed E-state index contributed by atoms with van der Waals surface area (Å²) in [7, 11) is 0. The number of hydrogen-bond acceptors (Lipinski definition) is 5. The zero-order chi connectivity index (χ0) is 28.8. The molecule has 41 heavy (non-hydrogen) atoms. The maximum atomic E-state index is 13.3. The number of aromatic nitrogens is 1. The van der Waals surface area contributed by atoms with Gasteiger partial charge in [0.1, 0.15) is 6.61 Å². The number of fused-ring (bicyclic) bond motifs is 1. The Balaban J connectivity index is 1.36. The average molecular weight is 696 g/mol. The fraction of sp³-hybridized carbons (Fsp3) is 0.0938. The molecule has 5 rings (SSSR count). The maximum absolute atomic E-state index is 13.3. The van der Waals surface area contributed by atoms with E-state index in [1.807, 2.05) is 79.7 Å². The Morgan fingerprint density at radius 1 is 0.951 bits per heavy atom. The Bertz CT molecular complexity index is 1750. The van der Waals surface area contributed by atoms with Crippen molar-refractivity contribution >= 4 is 68.8 Å². The van der Waals surface area contributed by atoms with Crippen molar-refractivity contribution in [3.8, 4) is 22.8 Å². The SMILES string of the molecule is CCOc1cc(/C=N\NC(=O)c2cc(-c3ccccc3)nc3ccccc23)cc(I)c1OCc1ccc(Cl)c(Cl)c1. The van der Waals surface area contributed by atoms with Crippen molar-refractivity contribution in [2.24, 2.45) is 5.10 Å². The number of nitrogens with zero attached hydrogens (tertiary/aromatic N) is 2. The van der Waals surface area contributed by atoms with Gasteiger partial charge in [0.2, 0.25) is 0 Å². The lowest BCUT2D eigenvalue weighted by Crippen LogP contribution is -2.18. The van der Waals surface area contributed by atoms with Crippen LogP contribution in [0.1, 0.15) is 28.4 Å². The highest BCUT2D eigenvalue weighted by Gasteiger charge is 2.15. The number of hydrogen-bond donors (Lipinski definition) is 1. The van der Waals surface area contributed by atoms with Gasteiger partial charge in [-0.2, -0.15) is 5.10 Å². The molecule has 0 radical (unpaired) electrons. The van der Waals surface area contributed by atoms with Crippen molar-refractivity contribution in [2.45, 2.75) is 13.5 Å². The van der Waals surface area contributed by atoms with E-state index in [-0.39, 0.29) is 5.91 Å². The standard InChI is InChI=1S/C32H24Cl2IN3O3/c1-2-40-30-16-21(15-27(35)31(30)41-19-20-12-13-25(33)26(34)14-20)18-36-38-32(39)24-17-29(22-8-4-3-5-9-22)37-28-11-7-6-10-23(24)28/h3-18H,2,19H2,1H3,(H,38,39)/b36-18-. The predicted octanol–water partition coefficient (Wildman–Crippen LogP) is 8.55. The van der Waals surface area contributed by atoms with Crippen LogP contribution < -0.4 is 14.9 Å². The molecule has 206 valence electrons. The second kappa shape index (κ2) is 13.3. The van der Waals surface area contributed by atoms with Gasteiger partial charge < -0.3 is 9.47 Å². The Kier molecular flexibility index (Phi) is 9.38. The zero-order valence-electron chi connectivity index (χ0n) is 21.9. The van der Waals surface area contributed by atoms with Crippen LogP contribution in [-0.2, 0) is 6.61 Å². The molecule has 0 saturated carbocycles. The molecule has 1 N–H and O–H groups in total. The van der Waals surface area contributed by atoms with Gasteiger partial charge in [-0.15, -0.1) is 0 Å². The molecule has 0 aliphatic rings. The first kappa shape index (κ1) is 28.9. The van der Waals surface area contributed by atoms with Gasteiger partial charge in [-0.05, 0) is 77.0 Å². The highest BCUT2D eigenvalue weighted by atomic mass is 127. The Labute approximate surface area is 261 Å². The van der Waals surface area contributed by atoms with Gasteiger partial charge in [0, 0.05) is 10.9 Å². The highest BCUT2D eigenvalue weighted by Crippen LogP contribution is 2.35. The molecule has 0 saturated heterocycles. The van der Waals surface area contributed by atoms with Crippen molar-refractivity contribution in [3.05, 3.63) is 121 Å². The van der Waals surface area contributed by atoms with E-state index >= 15 is 0 Å². The van der Waals surface area contributed by atoms with E-state index in [0.29, 0.717) is 46.0 Å². The number of hydrazone groups is 1. The third-order valence-corrected chi connectivity index (χ3v) is 7.65. The highest BCUT2D eigenvalue weighted by molar-refractivity contribution is 14.1. The third kappa shape index (κ3) is 6.98. The van der Waals surface area contributed by atoms with E-state index in [2.05, 4.69) is 33.1 Å². The largest absolute Gasteiger partial charge is 0.490 e. The Morgan fingerprint density at radius 2 is 1.73 bits per heavy atom.